The highest BCUT2D eigenvalue weighted by molar-refractivity contribution is 6.30. The predicted octanol–water partition coefficient (Wildman–Crippen LogP) is 3.54. The number of benzene rings is 1. The summed E-state index contributed by atoms with van der Waals surface area (Å²) in [5.74, 6) is -6.28. The standard InChI is InChI=1S/C22H25ClN2O6/c1-21(2,3)17-24-15-6-4-5-14(22(18(26)27,19(28)29)20(30)31)16(15)25(17)11-12-7-9-13(23)10-8-12/h7-10,14H,4-6,11H2,1-3H3,(H,26,27)(H,28,29)(H,30,31). The van der Waals surface area contributed by atoms with Gasteiger partial charge in [0.05, 0.1) is 5.69 Å². The molecule has 1 aliphatic carbocycles. The van der Waals surface area contributed by atoms with Crippen LogP contribution in [0.4, 0.5) is 0 Å². The second-order valence-electron chi connectivity index (χ2n) is 8.90. The third-order valence-corrected chi connectivity index (χ3v) is 6.03. The second-order valence-corrected chi connectivity index (χ2v) is 9.33. The topological polar surface area (TPSA) is 130 Å². The van der Waals surface area contributed by atoms with E-state index in [0.717, 1.165) is 5.56 Å². The van der Waals surface area contributed by atoms with Gasteiger partial charge in [-0.25, -0.2) is 4.98 Å². The molecule has 8 nitrogen and oxygen atoms in total. The maximum absolute atomic E-state index is 12.1. The number of aliphatic carboxylic acids is 3. The molecule has 1 heterocycles. The summed E-state index contributed by atoms with van der Waals surface area (Å²) in [5, 5.41) is 30.0. The SMILES string of the molecule is CC(C)(C)c1nc2c(n1Cc1ccc(Cl)cc1)C(C(C(=O)O)(C(=O)O)C(=O)O)CCC2. The van der Waals surface area contributed by atoms with Crippen molar-refractivity contribution in [3.63, 3.8) is 0 Å². The van der Waals surface area contributed by atoms with Crippen molar-refractivity contribution in [2.24, 2.45) is 5.41 Å². The Bertz CT molecular complexity index is 999. The first-order valence-electron chi connectivity index (χ1n) is 9.95. The fourth-order valence-electron chi connectivity index (χ4n) is 4.35. The molecule has 166 valence electrons. The van der Waals surface area contributed by atoms with Crippen molar-refractivity contribution in [1.82, 2.24) is 9.55 Å². The summed E-state index contributed by atoms with van der Waals surface area (Å²) >= 11 is 5.99. The van der Waals surface area contributed by atoms with Gasteiger partial charge in [0.15, 0.2) is 0 Å². The maximum atomic E-state index is 12.1. The van der Waals surface area contributed by atoms with Crippen molar-refractivity contribution < 1.29 is 29.7 Å². The molecular weight excluding hydrogens is 424 g/mol. The zero-order chi connectivity index (χ0) is 23.1. The van der Waals surface area contributed by atoms with E-state index in [2.05, 4.69) is 0 Å². The highest BCUT2D eigenvalue weighted by Gasteiger charge is 2.62. The van der Waals surface area contributed by atoms with Gasteiger partial charge in [-0.3, -0.25) is 14.4 Å². The van der Waals surface area contributed by atoms with Crippen LogP contribution in [0.5, 0.6) is 0 Å². The van der Waals surface area contributed by atoms with Gasteiger partial charge in [0.2, 0.25) is 0 Å². The van der Waals surface area contributed by atoms with Crippen LogP contribution in [0.3, 0.4) is 0 Å². The number of imidazole rings is 1. The molecule has 0 bridgehead atoms. The Morgan fingerprint density at radius 2 is 1.61 bits per heavy atom. The average molecular weight is 449 g/mol. The third-order valence-electron chi connectivity index (χ3n) is 5.78. The summed E-state index contributed by atoms with van der Waals surface area (Å²) in [4.78, 5) is 41.1. The molecule has 0 aliphatic heterocycles. The number of carbonyl (C=O) groups is 3. The van der Waals surface area contributed by atoms with Crippen LogP contribution in [-0.2, 0) is 32.8 Å². The lowest BCUT2D eigenvalue weighted by atomic mass is 9.68. The molecular formula is C22H25ClN2O6. The number of aryl methyl sites for hydroxylation is 1. The van der Waals surface area contributed by atoms with Crippen LogP contribution in [0, 0.1) is 5.41 Å². The van der Waals surface area contributed by atoms with Gasteiger partial charge < -0.3 is 19.9 Å². The quantitative estimate of drug-likeness (QED) is 0.576. The van der Waals surface area contributed by atoms with E-state index in [1.807, 2.05) is 32.9 Å². The average Bonchev–Trinajstić information content (AvgIpc) is 3.03. The molecule has 0 saturated heterocycles. The van der Waals surface area contributed by atoms with E-state index in [1.54, 1.807) is 16.7 Å². The number of nitrogens with zero attached hydrogens (tertiary/aromatic N) is 2. The highest BCUT2D eigenvalue weighted by Crippen LogP contribution is 2.46. The zero-order valence-electron chi connectivity index (χ0n) is 17.6. The molecule has 3 N–H and O–H groups in total. The van der Waals surface area contributed by atoms with Crippen molar-refractivity contribution in [3.05, 3.63) is 52.1 Å². The van der Waals surface area contributed by atoms with Gasteiger partial charge in [-0.05, 0) is 37.0 Å². The molecule has 0 spiro atoms. The second kappa shape index (κ2) is 8.00. The number of carboxylic acid groups (broad SMARTS) is 3. The third kappa shape index (κ3) is 3.80. The fourth-order valence-corrected chi connectivity index (χ4v) is 4.47. The van der Waals surface area contributed by atoms with E-state index in [9.17, 15) is 29.7 Å². The molecule has 1 atom stereocenters. The van der Waals surface area contributed by atoms with Crippen LogP contribution >= 0.6 is 11.6 Å². The summed E-state index contributed by atoms with van der Waals surface area (Å²) in [7, 11) is 0. The van der Waals surface area contributed by atoms with Crippen molar-refractivity contribution >= 4 is 29.5 Å². The van der Waals surface area contributed by atoms with Crippen LogP contribution in [-0.4, -0.2) is 42.8 Å². The first-order valence-corrected chi connectivity index (χ1v) is 10.3. The van der Waals surface area contributed by atoms with Crippen molar-refractivity contribution in [3.8, 4) is 0 Å². The predicted molar refractivity (Wildman–Crippen MR) is 113 cm³/mol. The number of carboxylic acids is 3. The Hall–Kier alpha value is -2.87. The normalized spacial score (nSPS) is 16.6. The summed E-state index contributed by atoms with van der Waals surface area (Å²) < 4.78 is 1.80. The van der Waals surface area contributed by atoms with Crippen LogP contribution in [0.15, 0.2) is 24.3 Å². The Balaban J connectivity index is 2.29. The first kappa shape index (κ1) is 22.8. The molecule has 1 aromatic carbocycles. The van der Waals surface area contributed by atoms with Gasteiger partial charge >= 0.3 is 17.9 Å². The number of halogens is 1. The molecule has 0 fully saturated rings. The number of aromatic nitrogens is 2. The first-order chi connectivity index (χ1) is 14.4. The van der Waals surface area contributed by atoms with E-state index in [0.29, 0.717) is 35.1 Å². The number of hydrogen-bond donors (Lipinski definition) is 3. The van der Waals surface area contributed by atoms with E-state index >= 15 is 0 Å². The molecule has 0 radical (unpaired) electrons. The fraction of sp³-hybridized carbons (Fsp3) is 0.455. The van der Waals surface area contributed by atoms with Crippen LogP contribution in [0.1, 0.15) is 62.3 Å². The maximum Gasteiger partial charge on any atom is 0.333 e. The van der Waals surface area contributed by atoms with E-state index in [1.165, 1.54) is 0 Å². The van der Waals surface area contributed by atoms with Crippen molar-refractivity contribution in [1.29, 1.82) is 0 Å². The Morgan fingerprint density at radius 1 is 1.06 bits per heavy atom. The number of hydrogen-bond acceptors (Lipinski definition) is 4. The molecule has 1 unspecified atom stereocenters. The minimum atomic E-state index is -3.00. The monoisotopic (exact) mass is 448 g/mol. The van der Waals surface area contributed by atoms with Crippen LogP contribution in [0.2, 0.25) is 5.02 Å². The zero-order valence-corrected chi connectivity index (χ0v) is 18.3. The molecule has 3 rings (SSSR count). The van der Waals surface area contributed by atoms with E-state index < -0.39 is 34.7 Å². The number of fused-ring (bicyclic) bond motifs is 1. The van der Waals surface area contributed by atoms with Crippen LogP contribution < -0.4 is 0 Å². The number of rotatable bonds is 6. The van der Waals surface area contributed by atoms with Gasteiger partial charge in [-0.1, -0.05) is 44.5 Å². The van der Waals surface area contributed by atoms with Crippen molar-refractivity contribution in [2.75, 3.05) is 0 Å². The van der Waals surface area contributed by atoms with Gasteiger partial charge in [-0.15, -0.1) is 0 Å². The minimum Gasteiger partial charge on any atom is -0.480 e. The summed E-state index contributed by atoms with van der Waals surface area (Å²) in [6, 6.07) is 7.09. The lowest BCUT2D eigenvalue weighted by Crippen LogP contribution is -2.52. The largest absolute Gasteiger partial charge is 0.480 e. The molecule has 31 heavy (non-hydrogen) atoms. The van der Waals surface area contributed by atoms with Crippen molar-refractivity contribution in [2.45, 2.75) is 57.9 Å². The Morgan fingerprint density at radius 3 is 2.10 bits per heavy atom. The van der Waals surface area contributed by atoms with Gasteiger partial charge in [-0.2, -0.15) is 0 Å². The molecule has 1 aliphatic rings. The summed E-state index contributed by atoms with van der Waals surface area (Å²) in [5.41, 5.74) is -1.65. The molecule has 1 aromatic heterocycles. The van der Waals surface area contributed by atoms with Crippen LogP contribution in [0.25, 0.3) is 0 Å². The molecule has 9 heteroatoms. The molecule has 0 saturated carbocycles. The Kier molecular flexibility index (Phi) is 5.88. The Labute approximate surface area is 184 Å². The van der Waals surface area contributed by atoms with E-state index in [4.69, 9.17) is 16.6 Å². The smallest absolute Gasteiger partial charge is 0.333 e. The summed E-state index contributed by atoms with van der Waals surface area (Å²) in [6.07, 6.45) is 1.10. The summed E-state index contributed by atoms with van der Waals surface area (Å²) in [6.45, 7) is 6.14. The lowest BCUT2D eigenvalue weighted by molar-refractivity contribution is -0.178. The lowest BCUT2D eigenvalue weighted by Gasteiger charge is -2.34. The van der Waals surface area contributed by atoms with Gasteiger partial charge in [0, 0.05) is 28.6 Å². The molecule has 0 amide bonds. The van der Waals surface area contributed by atoms with Gasteiger partial charge in [0.25, 0.3) is 5.41 Å². The highest BCUT2D eigenvalue weighted by atomic mass is 35.5. The minimum absolute atomic E-state index is 0.119. The molecule has 2 aromatic rings. The van der Waals surface area contributed by atoms with Gasteiger partial charge in [0.1, 0.15) is 5.82 Å². The van der Waals surface area contributed by atoms with E-state index in [-0.39, 0.29) is 13.0 Å².